The number of ether oxygens (including phenoxy) is 1. The topological polar surface area (TPSA) is 47.0 Å². The molecule has 1 aromatic carbocycles. The van der Waals surface area contributed by atoms with Gasteiger partial charge in [-0.25, -0.2) is 9.97 Å². The van der Waals surface area contributed by atoms with Crippen LogP contribution in [0.4, 0.5) is 0 Å². The van der Waals surface area contributed by atoms with Gasteiger partial charge in [-0.1, -0.05) is 18.2 Å². The van der Waals surface area contributed by atoms with Crippen molar-refractivity contribution >= 4 is 0 Å². The fourth-order valence-electron chi connectivity index (χ4n) is 2.90. The molecule has 1 aromatic heterocycles. The third-order valence-electron chi connectivity index (χ3n) is 4.03. The van der Waals surface area contributed by atoms with Crippen LogP contribution in [0.15, 0.2) is 43.0 Å². The Balaban J connectivity index is 1.51. The first-order valence-electron chi connectivity index (χ1n) is 8.25. The second-order valence-electron chi connectivity index (χ2n) is 7.23. The van der Waals surface area contributed by atoms with E-state index in [9.17, 15) is 0 Å². The van der Waals surface area contributed by atoms with E-state index in [0.717, 1.165) is 30.5 Å². The van der Waals surface area contributed by atoms with E-state index in [4.69, 9.17) is 4.74 Å². The summed E-state index contributed by atoms with van der Waals surface area (Å²) in [5.41, 5.74) is 3.46. The highest BCUT2D eigenvalue weighted by Gasteiger charge is 2.32. The van der Waals surface area contributed by atoms with Crippen LogP contribution in [0.25, 0.3) is 11.1 Å². The Morgan fingerprint density at radius 3 is 2.57 bits per heavy atom. The molecule has 4 nitrogen and oxygen atoms in total. The average Bonchev–Trinajstić information content (AvgIpc) is 2.49. The fourth-order valence-corrected chi connectivity index (χ4v) is 2.90. The van der Waals surface area contributed by atoms with Gasteiger partial charge in [-0.05, 0) is 50.8 Å². The molecule has 0 spiro atoms. The summed E-state index contributed by atoms with van der Waals surface area (Å²) in [4.78, 5) is 8.17. The van der Waals surface area contributed by atoms with Crippen molar-refractivity contribution in [2.45, 2.75) is 57.9 Å². The zero-order valence-corrected chi connectivity index (χ0v) is 14.1. The van der Waals surface area contributed by atoms with Gasteiger partial charge in [0.2, 0.25) is 0 Å². The minimum Gasteiger partial charge on any atom is -0.373 e. The van der Waals surface area contributed by atoms with Gasteiger partial charge < -0.3 is 10.1 Å². The van der Waals surface area contributed by atoms with E-state index in [0.29, 0.717) is 12.1 Å². The largest absolute Gasteiger partial charge is 0.373 e. The first-order valence-corrected chi connectivity index (χ1v) is 8.25. The van der Waals surface area contributed by atoms with Crippen LogP contribution in [0.5, 0.6) is 0 Å². The Kier molecular flexibility index (Phi) is 4.74. The minimum atomic E-state index is -0.0400. The second-order valence-corrected chi connectivity index (χ2v) is 7.23. The normalized spacial score (nSPS) is 21.0. The van der Waals surface area contributed by atoms with Crippen molar-refractivity contribution in [3.8, 4) is 11.1 Å². The van der Waals surface area contributed by atoms with Crippen molar-refractivity contribution in [3.05, 3.63) is 48.5 Å². The zero-order chi connectivity index (χ0) is 16.3. The Bertz CT molecular complexity index is 631. The summed E-state index contributed by atoms with van der Waals surface area (Å²) >= 11 is 0. The molecule has 1 aliphatic rings. The molecular weight excluding hydrogens is 286 g/mol. The summed E-state index contributed by atoms with van der Waals surface area (Å²) in [7, 11) is 0. The van der Waals surface area contributed by atoms with Gasteiger partial charge in [-0.15, -0.1) is 0 Å². The number of hydrogen-bond donors (Lipinski definition) is 1. The highest BCUT2D eigenvalue weighted by Crippen LogP contribution is 2.28. The molecule has 3 rings (SSSR count). The molecule has 0 unspecified atom stereocenters. The third-order valence-corrected chi connectivity index (χ3v) is 4.03. The lowest BCUT2D eigenvalue weighted by Gasteiger charge is -2.39. The number of aromatic nitrogens is 2. The molecule has 0 atom stereocenters. The predicted molar refractivity (Wildman–Crippen MR) is 92.0 cm³/mol. The first-order chi connectivity index (χ1) is 11.0. The van der Waals surface area contributed by atoms with Gasteiger partial charge >= 0.3 is 0 Å². The van der Waals surface area contributed by atoms with Crippen LogP contribution in [0.3, 0.4) is 0 Å². The van der Waals surface area contributed by atoms with E-state index in [1.807, 2.05) is 12.4 Å². The summed E-state index contributed by atoms with van der Waals surface area (Å²) < 4.78 is 5.98. The number of nitrogens with one attached hydrogen (secondary N) is 1. The Hall–Kier alpha value is -1.78. The van der Waals surface area contributed by atoms with Gasteiger partial charge in [0.05, 0.1) is 11.7 Å². The smallest absolute Gasteiger partial charge is 0.115 e. The first kappa shape index (κ1) is 16.1. The maximum Gasteiger partial charge on any atom is 0.115 e. The Morgan fingerprint density at radius 1 is 1.13 bits per heavy atom. The average molecular weight is 311 g/mol. The SMILES string of the molecule is CC(C)(C)OC1CC(NCc2cccc(-c3cncnc3)c2)C1. The van der Waals surface area contributed by atoms with Crippen LogP contribution in [0.1, 0.15) is 39.2 Å². The summed E-state index contributed by atoms with van der Waals surface area (Å²) in [6.07, 6.45) is 7.86. The molecule has 23 heavy (non-hydrogen) atoms. The van der Waals surface area contributed by atoms with Crippen molar-refractivity contribution < 1.29 is 4.74 Å². The maximum atomic E-state index is 5.98. The van der Waals surface area contributed by atoms with Crippen molar-refractivity contribution in [1.82, 2.24) is 15.3 Å². The van der Waals surface area contributed by atoms with Crippen molar-refractivity contribution in [2.75, 3.05) is 0 Å². The molecule has 1 saturated carbocycles. The van der Waals surface area contributed by atoms with Crippen LogP contribution in [-0.2, 0) is 11.3 Å². The van der Waals surface area contributed by atoms with Gasteiger partial charge in [-0.2, -0.15) is 0 Å². The van der Waals surface area contributed by atoms with E-state index >= 15 is 0 Å². The molecule has 1 N–H and O–H groups in total. The molecular formula is C19H25N3O. The molecule has 0 amide bonds. The van der Waals surface area contributed by atoms with E-state index in [2.05, 4.69) is 60.3 Å². The van der Waals surface area contributed by atoms with Crippen molar-refractivity contribution in [3.63, 3.8) is 0 Å². The molecule has 0 aliphatic heterocycles. The van der Waals surface area contributed by atoms with Gasteiger partial charge in [0.25, 0.3) is 0 Å². The van der Waals surface area contributed by atoms with E-state index in [-0.39, 0.29) is 5.60 Å². The van der Waals surface area contributed by atoms with Crippen LogP contribution in [0, 0.1) is 0 Å². The lowest BCUT2D eigenvalue weighted by atomic mass is 9.88. The lowest BCUT2D eigenvalue weighted by molar-refractivity contribution is -0.102. The number of benzene rings is 1. The van der Waals surface area contributed by atoms with E-state index in [1.165, 1.54) is 5.56 Å². The van der Waals surface area contributed by atoms with Gasteiger partial charge in [0, 0.05) is 30.5 Å². The maximum absolute atomic E-state index is 5.98. The monoisotopic (exact) mass is 311 g/mol. The standard InChI is InChI=1S/C19H25N3O/c1-19(2,3)23-18-8-17(9-18)22-10-14-5-4-6-15(7-14)16-11-20-13-21-12-16/h4-7,11-13,17-18,22H,8-10H2,1-3H3. The quantitative estimate of drug-likeness (QED) is 0.917. The summed E-state index contributed by atoms with van der Waals surface area (Å²) in [6, 6.07) is 9.10. The van der Waals surface area contributed by atoms with E-state index in [1.54, 1.807) is 6.33 Å². The number of nitrogens with zero attached hydrogens (tertiary/aromatic N) is 2. The second kappa shape index (κ2) is 6.77. The van der Waals surface area contributed by atoms with Gasteiger partial charge in [0.1, 0.15) is 6.33 Å². The van der Waals surface area contributed by atoms with Crippen LogP contribution >= 0.6 is 0 Å². The molecule has 0 bridgehead atoms. The highest BCUT2D eigenvalue weighted by molar-refractivity contribution is 5.62. The van der Waals surface area contributed by atoms with Crippen LogP contribution in [0.2, 0.25) is 0 Å². The minimum absolute atomic E-state index is 0.0400. The molecule has 1 fully saturated rings. The lowest BCUT2D eigenvalue weighted by Crippen LogP contribution is -2.47. The molecule has 122 valence electrons. The molecule has 0 saturated heterocycles. The molecule has 2 aromatic rings. The fraction of sp³-hybridized carbons (Fsp3) is 0.474. The molecule has 1 heterocycles. The zero-order valence-electron chi connectivity index (χ0n) is 14.1. The van der Waals surface area contributed by atoms with Gasteiger partial charge in [0.15, 0.2) is 0 Å². The molecule has 0 radical (unpaired) electrons. The van der Waals surface area contributed by atoms with Crippen LogP contribution in [-0.4, -0.2) is 27.7 Å². The molecule has 1 aliphatic carbocycles. The van der Waals surface area contributed by atoms with E-state index < -0.39 is 0 Å². The van der Waals surface area contributed by atoms with Gasteiger partial charge in [-0.3, -0.25) is 0 Å². The predicted octanol–water partition coefficient (Wildman–Crippen LogP) is 3.58. The van der Waals surface area contributed by atoms with Crippen molar-refractivity contribution in [2.24, 2.45) is 0 Å². The highest BCUT2D eigenvalue weighted by atomic mass is 16.5. The summed E-state index contributed by atoms with van der Waals surface area (Å²) in [6.45, 7) is 7.24. The number of rotatable bonds is 5. The third kappa shape index (κ3) is 4.60. The van der Waals surface area contributed by atoms with Crippen molar-refractivity contribution in [1.29, 1.82) is 0 Å². The number of hydrogen-bond acceptors (Lipinski definition) is 4. The summed E-state index contributed by atoms with van der Waals surface area (Å²) in [5, 5.41) is 3.62. The Labute approximate surface area is 138 Å². The Morgan fingerprint density at radius 2 is 1.87 bits per heavy atom. The van der Waals surface area contributed by atoms with Crippen LogP contribution < -0.4 is 5.32 Å². The molecule has 4 heteroatoms. The summed E-state index contributed by atoms with van der Waals surface area (Å²) in [5.74, 6) is 0.